The highest BCUT2D eigenvalue weighted by molar-refractivity contribution is 6.30. The lowest BCUT2D eigenvalue weighted by Crippen LogP contribution is -2.43. The van der Waals surface area contributed by atoms with Crippen molar-refractivity contribution >= 4 is 29.5 Å². The Morgan fingerprint density at radius 3 is 2.64 bits per heavy atom. The summed E-state index contributed by atoms with van der Waals surface area (Å²) in [4.78, 5) is 36.3. The van der Waals surface area contributed by atoms with Gasteiger partial charge in [0, 0.05) is 12.1 Å². The van der Waals surface area contributed by atoms with Gasteiger partial charge < -0.3 is 10.1 Å². The number of imide groups is 1. The number of rotatable bonds is 4. The average molecular weight is 366 g/mol. The highest BCUT2D eigenvalue weighted by Gasteiger charge is 2.24. The largest absolute Gasteiger partial charge is 0.448 e. The summed E-state index contributed by atoms with van der Waals surface area (Å²) in [7, 11) is 1.36. The van der Waals surface area contributed by atoms with Crippen molar-refractivity contribution in [2.75, 3.05) is 7.05 Å². The van der Waals surface area contributed by atoms with E-state index in [0.717, 1.165) is 0 Å². The van der Waals surface area contributed by atoms with Crippen LogP contribution in [0.1, 0.15) is 23.1 Å². The van der Waals surface area contributed by atoms with Gasteiger partial charge in [0.05, 0.1) is 11.4 Å². The van der Waals surface area contributed by atoms with Crippen LogP contribution in [-0.2, 0) is 9.53 Å². The van der Waals surface area contributed by atoms with Crippen LogP contribution >= 0.6 is 11.6 Å². The lowest BCUT2D eigenvalue weighted by molar-refractivity contribution is -0.127. The molecule has 0 bridgehead atoms. The molecule has 0 radical (unpaired) electrons. The Hall–Kier alpha value is -2.94. The molecular weight excluding hydrogens is 350 g/mol. The summed E-state index contributed by atoms with van der Waals surface area (Å²) in [6.45, 7) is 2.92. The molecule has 2 N–H and O–H groups in total. The Balaban J connectivity index is 2.12. The maximum Gasteiger partial charge on any atom is 0.361 e. The van der Waals surface area contributed by atoms with Crippen molar-refractivity contribution < 1.29 is 19.1 Å². The molecule has 10 heteroatoms. The zero-order valence-corrected chi connectivity index (χ0v) is 14.5. The molecule has 0 aliphatic rings. The van der Waals surface area contributed by atoms with Crippen molar-refractivity contribution in [3.05, 3.63) is 40.7 Å². The number of aryl methyl sites for hydroxylation is 1. The summed E-state index contributed by atoms with van der Waals surface area (Å²) in [6, 6.07) is 6.08. The second-order valence-corrected chi connectivity index (χ2v) is 5.46. The van der Waals surface area contributed by atoms with Crippen molar-refractivity contribution in [1.82, 2.24) is 25.6 Å². The van der Waals surface area contributed by atoms with Crippen molar-refractivity contribution in [2.45, 2.75) is 20.0 Å². The lowest BCUT2D eigenvalue weighted by Gasteiger charge is -2.11. The van der Waals surface area contributed by atoms with E-state index in [0.29, 0.717) is 16.4 Å². The minimum absolute atomic E-state index is 0.0421. The molecule has 0 aliphatic heterocycles. The summed E-state index contributed by atoms with van der Waals surface area (Å²) in [5.41, 5.74) is 0.850. The van der Waals surface area contributed by atoms with Gasteiger partial charge in [-0.3, -0.25) is 10.1 Å². The summed E-state index contributed by atoms with van der Waals surface area (Å²) in [5, 5.41) is 12.9. The maximum absolute atomic E-state index is 12.2. The second kappa shape index (κ2) is 7.75. The van der Waals surface area contributed by atoms with Gasteiger partial charge in [0.15, 0.2) is 11.8 Å². The summed E-state index contributed by atoms with van der Waals surface area (Å²) in [6.07, 6.45) is -1.18. The highest BCUT2D eigenvalue weighted by Crippen LogP contribution is 2.15. The molecule has 2 rings (SSSR count). The van der Waals surface area contributed by atoms with E-state index < -0.39 is 24.0 Å². The molecule has 0 unspecified atom stereocenters. The van der Waals surface area contributed by atoms with Gasteiger partial charge in [0.2, 0.25) is 0 Å². The van der Waals surface area contributed by atoms with E-state index in [1.165, 1.54) is 18.8 Å². The molecule has 3 amide bonds. The third-order valence-corrected chi connectivity index (χ3v) is 3.37. The molecule has 0 fully saturated rings. The Kier molecular flexibility index (Phi) is 5.71. The number of ether oxygens (including phenoxy) is 1. The molecule has 1 aromatic heterocycles. The molecule has 0 saturated carbocycles. The third kappa shape index (κ3) is 4.54. The van der Waals surface area contributed by atoms with Crippen LogP contribution in [0, 0.1) is 6.92 Å². The average Bonchev–Trinajstić information content (AvgIpc) is 2.96. The summed E-state index contributed by atoms with van der Waals surface area (Å²) in [5.74, 6) is -1.59. The molecule has 1 heterocycles. The van der Waals surface area contributed by atoms with Crippen molar-refractivity contribution in [3.63, 3.8) is 0 Å². The molecule has 0 aliphatic carbocycles. The first-order valence-corrected chi connectivity index (χ1v) is 7.63. The van der Waals surface area contributed by atoms with E-state index >= 15 is 0 Å². The first-order chi connectivity index (χ1) is 11.8. The van der Waals surface area contributed by atoms with Gasteiger partial charge in [-0.05, 0) is 32.0 Å². The molecule has 1 atom stereocenters. The number of carbonyl (C=O) groups excluding carboxylic acids is 3. The lowest BCUT2D eigenvalue weighted by atomic mass is 10.3. The van der Waals surface area contributed by atoms with E-state index in [9.17, 15) is 14.4 Å². The first kappa shape index (κ1) is 18.4. The van der Waals surface area contributed by atoms with Crippen LogP contribution in [0.5, 0.6) is 0 Å². The van der Waals surface area contributed by atoms with Crippen molar-refractivity contribution in [2.24, 2.45) is 0 Å². The predicted octanol–water partition coefficient (Wildman–Crippen LogP) is 1.23. The molecule has 1 aromatic carbocycles. The van der Waals surface area contributed by atoms with Crippen LogP contribution in [0.3, 0.4) is 0 Å². The van der Waals surface area contributed by atoms with Gasteiger partial charge >= 0.3 is 12.0 Å². The SMILES string of the molecule is CNC(=O)NC(=O)[C@H](C)OC(=O)c1nn(-c2cccc(Cl)c2)nc1C. The maximum atomic E-state index is 12.2. The fourth-order valence-corrected chi connectivity index (χ4v) is 2.01. The number of benzene rings is 1. The van der Waals surface area contributed by atoms with Crippen LogP contribution in [0.4, 0.5) is 4.79 Å². The van der Waals surface area contributed by atoms with E-state index in [1.54, 1.807) is 31.2 Å². The number of aromatic nitrogens is 3. The molecule has 0 spiro atoms. The van der Waals surface area contributed by atoms with E-state index in [-0.39, 0.29) is 5.69 Å². The predicted molar refractivity (Wildman–Crippen MR) is 88.6 cm³/mol. The van der Waals surface area contributed by atoms with Gasteiger partial charge in [-0.2, -0.15) is 9.90 Å². The van der Waals surface area contributed by atoms with Gasteiger partial charge in [0.25, 0.3) is 5.91 Å². The van der Waals surface area contributed by atoms with Crippen LogP contribution in [0.25, 0.3) is 5.69 Å². The number of nitrogens with one attached hydrogen (secondary N) is 2. The second-order valence-electron chi connectivity index (χ2n) is 5.02. The van der Waals surface area contributed by atoms with Crippen LogP contribution in [0.2, 0.25) is 5.02 Å². The Morgan fingerprint density at radius 1 is 1.28 bits per heavy atom. The number of amides is 3. The van der Waals surface area contributed by atoms with E-state index in [2.05, 4.69) is 15.5 Å². The number of nitrogens with zero attached hydrogens (tertiary/aromatic N) is 3. The van der Waals surface area contributed by atoms with Gasteiger partial charge in [-0.15, -0.1) is 5.10 Å². The molecule has 132 valence electrons. The number of carbonyl (C=O) groups is 3. The Morgan fingerprint density at radius 2 is 2.00 bits per heavy atom. The smallest absolute Gasteiger partial charge is 0.361 e. The summed E-state index contributed by atoms with van der Waals surface area (Å²) >= 11 is 5.92. The van der Waals surface area contributed by atoms with Crippen molar-refractivity contribution in [3.8, 4) is 5.69 Å². The van der Waals surface area contributed by atoms with Crippen LogP contribution in [-0.4, -0.2) is 46.1 Å². The molecule has 2 aromatic rings. The zero-order chi connectivity index (χ0) is 18.6. The molecular formula is C15H16ClN5O4. The van der Waals surface area contributed by atoms with Crippen LogP contribution in [0.15, 0.2) is 24.3 Å². The van der Waals surface area contributed by atoms with Gasteiger partial charge in [0.1, 0.15) is 0 Å². The number of halogens is 1. The molecule has 25 heavy (non-hydrogen) atoms. The molecule has 0 saturated heterocycles. The highest BCUT2D eigenvalue weighted by atomic mass is 35.5. The monoisotopic (exact) mass is 365 g/mol. The summed E-state index contributed by atoms with van der Waals surface area (Å²) < 4.78 is 5.02. The topological polar surface area (TPSA) is 115 Å². The van der Waals surface area contributed by atoms with Gasteiger partial charge in [-0.1, -0.05) is 17.7 Å². The standard InChI is InChI=1S/C15H16ClN5O4/c1-8-12(14(23)25-9(2)13(22)18-15(24)17-3)20-21(19-8)11-6-4-5-10(16)7-11/h4-7,9H,1-3H3,(H2,17,18,22,24)/t9-/m0/s1. The fraction of sp³-hybridized carbons (Fsp3) is 0.267. The number of hydrogen-bond acceptors (Lipinski definition) is 6. The first-order valence-electron chi connectivity index (χ1n) is 7.25. The molecule has 9 nitrogen and oxygen atoms in total. The van der Waals surface area contributed by atoms with E-state index in [4.69, 9.17) is 16.3 Å². The zero-order valence-electron chi connectivity index (χ0n) is 13.7. The quantitative estimate of drug-likeness (QED) is 0.787. The Labute approximate surface area is 148 Å². The number of hydrogen-bond donors (Lipinski definition) is 2. The fourth-order valence-electron chi connectivity index (χ4n) is 1.83. The normalized spacial score (nSPS) is 11.5. The minimum atomic E-state index is -1.18. The van der Waals surface area contributed by atoms with Crippen LogP contribution < -0.4 is 10.6 Å². The number of urea groups is 1. The third-order valence-electron chi connectivity index (χ3n) is 3.13. The number of esters is 1. The van der Waals surface area contributed by atoms with Gasteiger partial charge in [-0.25, -0.2) is 9.59 Å². The van der Waals surface area contributed by atoms with Crippen molar-refractivity contribution in [1.29, 1.82) is 0 Å². The Bertz CT molecular complexity index is 820. The minimum Gasteiger partial charge on any atom is -0.448 e. The van der Waals surface area contributed by atoms with E-state index in [1.807, 2.05) is 5.32 Å².